The van der Waals surface area contributed by atoms with Gasteiger partial charge in [0.05, 0.1) is 12.2 Å². The highest BCUT2D eigenvalue weighted by Crippen LogP contribution is 2.12. The summed E-state index contributed by atoms with van der Waals surface area (Å²) in [6.07, 6.45) is 1.18. The van der Waals surface area contributed by atoms with Gasteiger partial charge in [0.25, 0.3) is 0 Å². The summed E-state index contributed by atoms with van der Waals surface area (Å²) in [6.45, 7) is 2.90. The molecule has 0 amide bonds. The van der Waals surface area contributed by atoms with Crippen LogP contribution in [0.25, 0.3) is 5.69 Å². The van der Waals surface area contributed by atoms with Crippen LogP contribution in [0.15, 0.2) is 30.3 Å². The molecule has 7 heteroatoms. The predicted molar refractivity (Wildman–Crippen MR) is 79.1 cm³/mol. The van der Waals surface area contributed by atoms with Gasteiger partial charge in [0, 0.05) is 12.6 Å². The van der Waals surface area contributed by atoms with Crippen molar-refractivity contribution in [1.82, 2.24) is 30.4 Å². The Balaban J connectivity index is 0.00000147. The molecule has 1 aliphatic heterocycles. The van der Waals surface area contributed by atoms with Crippen molar-refractivity contribution in [1.29, 1.82) is 0 Å². The van der Waals surface area contributed by atoms with E-state index < -0.39 is 0 Å². The third kappa shape index (κ3) is 3.15. The van der Waals surface area contributed by atoms with Gasteiger partial charge in [-0.3, -0.25) is 4.90 Å². The molecule has 1 aromatic carbocycles. The van der Waals surface area contributed by atoms with E-state index in [2.05, 4.69) is 32.8 Å². The molecule has 0 saturated carbocycles. The zero-order valence-electron chi connectivity index (χ0n) is 11.4. The Hall–Kier alpha value is -1.50. The van der Waals surface area contributed by atoms with Crippen LogP contribution in [-0.2, 0) is 6.54 Å². The predicted octanol–water partition coefficient (Wildman–Crippen LogP) is 0.878. The summed E-state index contributed by atoms with van der Waals surface area (Å²) in [5.41, 5.74) is 1.00. The highest BCUT2D eigenvalue weighted by molar-refractivity contribution is 5.85. The number of benzene rings is 1. The van der Waals surface area contributed by atoms with Crippen molar-refractivity contribution < 1.29 is 0 Å². The molecule has 1 aromatic heterocycles. The minimum atomic E-state index is 0. The smallest absolute Gasteiger partial charge is 0.170 e. The lowest BCUT2D eigenvalue weighted by Gasteiger charge is -2.22. The molecule has 2 aromatic rings. The van der Waals surface area contributed by atoms with Crippen molar-refractivity contribution in [3.05, 3.63) is 36.2 Å². The first-order chi connectivity index (χ1) is 9.34. The summed E-state index contributed by atoms with van der Waals surface area (Å²) in [4.78, 5) is 2.31. The van der Waals surface area contributed by atoms with Gasteiger partial charge in [-0.25, -0.2) is 0 Å². The first-order valence-electron chi connectivity index (χ1n) is 6.58. The molecule has 1 unspecified atom stereocenters. The van der Waals surface area contributed by atoms with E-state index >= 15 is 0 Å². The van der Waals surface area contributed by atoms with Gasteiger partial charge in [0.2, 0.25) is 0 Å². The second kappa shape index (κ2) is 6.78. The second-order valence-electron chi connectivity index (χ2n) is 4.90. The lowest BCUT2D eigenvalue weighted by atomic mass is 10.2. The largest absolute Gasteiger partial charge is 0.315 e. The van der Waals surface area contributed by atoms with Crippen LogP contribution in [0.3, 0.4) is 0 Å². The number of nitrogens with zero attached hydrogens (tertiary/aromatic N) is 5. The maximum atomic E-state index is 4.14. The van der Waals surface area contributed by atoms with E-state index in [1.54, 1.807) is 4.68 Å². The van der Waals surface area contributed by atoms with Gasteiger partial charge >= 0.3 is 0 Å². The number of hydrogen-bond acceptors (Lipinski definition) is 5. The van der Waals surface area contributed by atoms with Crippen LogP contribution in [0.1, 0.15) is 12.2 Å². The first kappa shape index (κ1) is 14.9. The topological polar surface area (TPSA) is 58.9 Å². The first-order valence-corrected chi connectivity index (χ1v) is 6.58. The molecule has 1 saturated heterocycles. The molecule has 0 radical (unpaired) electrons. The number of aromatic nitrogens is 4. The van der Waals surface area contributed by atoms with Crippen LogP contribution in [0.2, 0.25) is 0 Å². The van der Waals surface area contributed by atoms with E-state index in [0.29, 0.717) is 6.04 Å². The van der Waals surface area contributed by atoms with Crippen molar-refractivity contribution in [3.63, 3.8) is 0 Å². The fraction of sp³-hybridized carbons (Fsp3) is 0.462. The van der Waals surface area contributed by atoms with E-state index in [4.69, 9.17) is 0 Å². The monoisotopic (exact) mass is 294 g/mol. The summed E-state index contributed by atoms with van der Waals surface area (Å²) in [5.74, 6) is 0.876. The van der Waals surface area contributed by atoms with Crippen molar-refractivity contribution >= 4 is 12.4 Å². The number of nitrogens with one attached hydrogen (secondary N) is 1. The number of likely N-dealkylation sites (N-methyl/N-ethyl adjacent to an activating group) is 1. The minimum Gasteiger partial charge on any atom is -0.315 e. The van der Waals surface area contributed by atoms with Crippen molar-refractivity contribution in [2.75, 3.05) is 20.1 Å². The Morgan fingerprint density at radius 1 is 1.35 bits per heavy atom. The van der Waals surface area contributed by atoms with Gasteiger partial charge in [0.1, 0.15) is 0 Å². The third-order valence-corrected chi connectivity index (χ3v) is 3.58. The van der Waals surface area contributed by atoms with E-state index in [-0.39, 0.29) is 12.4 Å². The van der Waals surface area contributed by atoms with Crippen molar-refractivity contribution in [2.45, 2.75) is 19.0 Å². The molecule has 6 nitrogen and oxygen atoms in total. The fourth-order valence-electron chi connectivity index (χ4n) is 2.44. The zero-order valence-corrected chi connectivity index (χ0v) is 12.3. The van der Waals surface area contributed by atoms with E-state index in [9.17, 15) is 0 Å². The number of tetrazole rings is 1. The fourth-order valence-corrected chi connectivity index (χ4v) is 2.44. The summed E-state index contributed by atoms with van der Waals surface area (Å²) < 4.78 is 1.80. The molecule has 108 valence electrons. The van der Waals surface area contributed by atoms with Crippen LogP contribution in [0, 0.1) is 0 Å². The maximum Gasteiger partial charge on any atom is 0.170 e. The summed E-state index contributed by atoms with van der Waals surface area (Å²) in [7, 11) is 2.13. The van der Waals surface area contributed by atoms with Gasteiger partial charge in [-0.15, -0.1) is 17.5 Å². The Morgan fingerprint density at radius 2 is 2.15 bits per heavy atom. The van der Waals surface area contributed by atoms with Crippen LogP contribution < -0.4 is 5.32 Å². The van der Waals surface area contributed by atoms with E-state index in [0.717, 1.165) is 31.1 Å². The molecular formula is C13H19ClN6. The van der Waals surface area contributed by atoms with Crippen molar-refractivity contribution in [3.8, 4) is 5.69 Å². The van der Waals surface area contributed by atoms with E-state index in [1.165, 1.54) is 6.42 Å². The molecule has 1 fully saturated rings. The number of hydrogen-bond donors (Lipinski definition) is 1. The van der Waals surface area contributed by atoms with Crippen LogP contribution in [-0.4, -0.2) is 51.3 Å². The molecule has 3 rings (SSSR count). The van der Waals surface area contributed by atoms with Gasteiger partial charge in [0.15, 0.2) is 5.82 Å². The second-order valence-corrected chi connectivity index (χ2v) is 4.90. The molecule has 2 heterocycles. The van der Waals surface area contributed by atoms with Gasteiger partial charge in [-0.2, -0.15) is 4.68 Å². The Kier molecular flexibility index (Phi) is 5.05. The highest BCUT2D eigenvalue weighted by Gasteiger charge is 2.21. The lowest BCUT2D eigenvalue weighted by Crippen LogP contribution is -2.33. The van der Waals surface area contributed by atoms with Crippen LogP contribution >= 0.6 is 12.4 Å². The Morgan fingerprint density at radius 3 is 2.85 bits per heavy atom. The Labute approximate surface area is 124 Å². The molecule has 20 heavy (non-hydrogen) atoms. The summed E-state index contributed by atoms with van der Waals surface area (Å²) >= 11 is 0. The van der Waals surface area contributed by atoms with Crippen molar-refractivity contribution in [2.24, 2.45) is 0 Å². The average Bonchev–Trinajstić information content (AvgIpc) is 3.11. The van der Waals surface area contributed by atoms with Gasteiger partial charge in [-0.1, -0.05) is 18.2 Å². The number of rotatable bonds is 4. The molecule has 0 spiro atoms. The maximum absolute atomic E-state index is 4.14. The summed E-state index contributed by atoms with van der Waals surface area (Å²) in [6, 6.07) is 10.6. The zero-order chi connectivity index (χ0) is 13.1. The van der Waals surface area contributed by atoms with Gasteiger partial charge in [-0.05, 0) is 42.6 Å². The normalized spacial score (nSPS) is 18.2. The minimum absolute atomic E-state index is 0. The highest BCUT2D eigenvalue weighted by atomic mass is 35.5. The molecule has 1 N–H and O–H groups in total. The lowest BCUT2D eigenvalue weighted by molar-refractivity contribution is 0.241. The van der Waals surface area contributed by atoms with Crippen LogP contribution in [0.5, 0.6) is 0 Å². The van der Waals surface area contributed by atoms with Crippen LogP contribution in [0.4, 0.5) is 0 Å². The molecule has 1 aliphatic rings. The molecule has 0 bridgehead atoms. The third-order valence-electron chi connectivity index (χ3n) is 3.58. The van der Waals surface area contributed by atoms with Gasteiger partial charge < -0.3 is 5.32 Å². The molecule has 1 atom stereocenters. The molecule has 0 aliphatic carbocycles. The number of halogens is 1. The SMILES string of the molecule is CN(Cc1nnnn1-c1ccccc1)C1CCNC1.Cl. The standard InChI is InChI=1S/C13H18N6.ClH/c1-18(12-7-8-14-9-12)10-13-15-16-17-19(13)11-5-3-2-4-6-11;/h2-6,12,14H,7-10H2,1H3;1H. The quantitative estimate of drug-likeness (QED) is 0.907. The number of para-hydroxylation sites is 1. The average molecular weight is 295 g/mol. The molecular weight excluding hydrogens is 276 g/mol. The Bertz CT molecular complexity index is 523. The van der Waals surface area contributed by atoms with E-state index in [1.807, 2.05) is 30.3 Å². The summed E-state index contributed by atoms with van der Waals surface area (Å²) in [5, 5.41) is 15.4.